The Bertz CT molecular complexity index is 1030. The van der Waals surface area contributed by atoms with E-state index >= 15 is 0 Å². The van der Waals surface area contributed by atoms with Gasteiger partial charge in [-0.25, -0.2) is 5.43 Å². The van der Waals surface area contributed by atoms with Crippen LogP contribution in [0.4, 0.5) is 0 Å². The molecule has 1 aromatic heterocycles. The molecule has 3 rings (SSSR count). The maximum atomic E-state index is 12.3. The molecule has 150 valence electrons. The van der Waals surface area contributed by atoms with Crippen LogP contribution >= 0.6 is 31.9 Å². The van der Waals surface area contributed by atoms with Crippen LogP contribution in [-0.4, -0.2) is 36.1 Å². The molecule has 0 fully saturated rings. The van der Waals surface area contributed by atoms with Crippen LogP contribution in [0.2, 0.25) is 0 Å². The van der Waals surface area contributed by atoms with E-state index in [1.807, 2.05) is 30.3 Å². The number of hydrazone groups is 1. The highest BCUT2D eigenvalue weighted by Gasteiger charge is 2.11. The number of carbonyl (C=O) groups excluding carboxylic acids is 1. The van der Waals surface area contributed by atoms with Gasteiger partial charge in [-0.2, -0.15) is 10.2 Å². The predicted molar refractivity (Wildman–Crippen MR) is 118 cm³/mol. The molecule has 3 aromatic rings. The minimum Gasteiger partial charge on any atom is -0.493 e. The van der Waals surface area contributed by atoms with Crippen molar-refractivity contribution in [1.82, 2.24) is 15.2 Å². The van der Waals surface area contributed by atoms with Gasteiger partial charge in [-0.15, -0.1) is 0 Å². The number of rotatable bonds is 7. The van der Waals surface area contributed by atoms with Gasteiger partial charge in [0.25, 0.3) is 5.91 Å². The normalized spacial score (nSPS) is 10.9. The van der Waals surface area contributed by atoms with Gasteiger partial charge < -0.3 is 9.47 Å². The Morgan fingerprint density at radius 2 is 1.93 bits per heavy atom. The fraction of sp³-hybridized carbons (Fsp3) is 0.150. The Morgan fingerprint density at radius 1 is 1.17 bits per heavy atom. The van der Waals surface area contributed by atoms with Crippen molar-refractivity contribution in [1.29, 1.82) is 0 Å². The minimum atomic E-state index is -0.393. The van der Waals surface area contributed by atoms with E-state index in [9.17, 15) is 4.79 Å². The van der Waals surface area contributed by atoms with Crippen molar-refractivity contribution in [2.75, 3.05) is 14.2 Å². The lowest BCUT2D eigenvalue weighted by Crippen LogP contribution is -2.18. The molecule has 0 saturated heterocycles. The van der Waals surface area contributed by atoms with E-state index in [1.165, 1.54) is 6.21 Å². The molecule has 0 spiro atoms. The highest BCUT2D eigenvalue weighted by atomic mass is 79.9. The third-order valence-electron chi connectivity index (χ3n) is 3.97. The molecule has 0 unspecified atom stereocenters. The quantitative estimate of drug-likeness (QED) is 0.372. The number of amides is 1. The summed E-state index contributed by atoms with van der Waals surface area (Å²) >= 11 is 6.83. The molecular formula is C20H18Br2N4O3. The Hall–Kier alpha value is -2.65. The van der Waals surface area contributed by atoms with Crippen LogP contribution in [0.3, 0.4) is 0 Å². The highest BCUT2D eigenvalue weighted by molar-refractivity contribution is 9.10. The van der Waals surface area contributed by atoms with E-state index in [4.69, 9.17) is 9.47 Å². The van der Waals surface area contributed by atoms with Crippen molar-refractivity contribution in [2.45, 2.75) is 6.54 Å². The summed E-state index contributed by atoms with van der Waals surface area (Å²) in [6.07, 6.45) is 3.27. The predicted octanol–water partition coefficient (Wildman–Crippen LogP) is 4.24. The van der Waals surface area contributed by atoms with Gasteiger partial charge in [-0.05, 0) is 57.4 Å². The van der Waals surface area contributed by atoms with Gasteiger partial charge in [-0.1, -0.05) is 28.1 Å². The molecule has 0 aliphatic rings. The van der Waals surface area contributed by atoms with Crippen LogP contribution in [0.15, 0.2) is 62.7 Å². The van der Waals surface area contributed by atoms with Crippen molar-refractivity contribution in [3.05, 3.63) is 74.4 Å². The third kappa shape index (κ3) is 5.45. The SMILES string of the molecule is COc1cc(/C=N\NC(=O)c2ccn(Cc3ccc(Br)cc3)n2)cc(Br)c1OC. The van der Waals surface area contributed by atoms with Crippen LogP contribution in [0.25, 0.3) is 0 Å². The molecule has 0 radical (unpaired) electrons. The lowest BCUT2D eigenvalue weighted by Gasteiger charge is -2.10. The lowest BCUT2D eigenvalue weighted by atomic mass is 10.2. The van der Waals surface area contributed by atoms with Gasteiger partial charge in [0.1, 0.15) is 0 Å². The first-order valence-corrected chi connectivity index (χ1v) is 10.1. The van der Waals surface area contributed by atoms with Crippen molar-refractivity contribution in [2.24, 2.45) is 5.10 Å². The van der Waals surface area contributed by atoms with E-state index in [0.717, 1.165) is 20.1 Å². The van der Waals surface area contributed by atoms with Gasteiger partial charge in [-0.3, -0.25) is 9.48 Å². The summed E-state index contributed by atoms with van der Waals surface area (Å²) in [6.45, 7) is 0.573. The summed E-state index contributed by atoms with van der Waals surface area (Å²) in [4.78, 5) is 12.3. The fourth-order valence-corrected chi connectivity index (χ4v) is 3.47. The van der Waals surface area contributed by atoms with Gasteiger partial charge >= 0.3 is 0 Å². The van der Waals surface area contributed by atoms with Crippen molar-refractivity contribution in [3.8, 4) is 11.5 Å². The smallest absolute Gasteiger partial charge is 0.291 e. The van der Waals surface area contributed by atoms with Crippen LogP contribution in [0.1, 0.15) is 21.6 Å². The first-order chi connectivity index (χ1) is 14.0. The standard InChI is InChI=1S/C20H18Br2N4O3/c1-28-18-10-14(9-16(22)19(18)29-2)11-23-24-20(27)17-7-8-26(25-17)12-13-3-5-15(21)6-4-13/h3-11H,12H2,1-2H3,(H,24,27)/b23-11-. The number of ether oxygens (including phenoxy) is 2. The molecule has 0 aliphatic carbocycles. The highest BCUT2D eigenvalue weighted by Crippen LogP contribution is 2.35. The lowest BCUT2D eigenvalue weighted by molar-refractivity contribution is 0.0949. The summed E-state index contributed by atoms with van der Waals surface area (Å²) in [5.74, 6) is 0.752. The van der Waals surface area contributed by atoms with Gasteiger partial charge in [0.2, 0.25) is 0 Å². The topological polar surface area (TPSA) is 77.7 Å². The fourth-order valence-electron chi connectivity index (χ4n) is 2.58. The number of aromatic nitrogens is 2. The number of hydrogen-bond acceptors (Lipinski definition) is 5. The summed E-state index contributed by atoms with van der Waals surface area (Å²) in [7, 11) is 3.12. The summed E-state index contributed by atoms with van der Waals surface area (Å²) in [6, 6.07) is 13.1. The molecule has 0 atom stereocenters. The maximum Gasteiger partial charge on any atom is 0.291 e. The van der Waals surface area contributed by atoms with Crippen LogP contribution in [0, 0.1) is 0 Å². The van der Waals surface area contributed by atoms with Crippen molar-refractivity contribution in [3.63, 3.8) is 0 Å². The van der Waals surface area contributed by atoms with Gasteiger partial charge in [0.15, 0.2) is 17.2 Å². The monoisotopic (exact) mass is 520 g/mol. The first-order valence-electron chi connectivity index (χ1n) is 8.53. The average molecular weight is 522 g/mol. The molecule has 0 aliphatic heterocycles. The number of carbonyl (C=O) groups is 1. The molecule has 1 heterocycles. The molecule has 0 saturated carbocycles. The first kappa shape index (κ1) is 21.1. The Kier molecular flexibility index (Phi) is 7.05. The van der Waals surface area contributed by atoms with Crippen LogP contribution < -0.4 is 14.9 Å². The van der Waals surface area contributed by atoms with E-state index in [-0.39, 0.29) is 5.69 Å². The zero-order chi connectivity index (χ0) is 20.8. The van der Waals surface area contributed by atoms with E-state index in [2.05, 4.69) is 47.5 Å². The van der Waals surface area contributed by atoms with E-state index in [0.29, 0.717) is 18.0 Å². The second kappa shape index (κ2) is 9.71. The Labute approximate surface area is 185 Å². The van der Waals surface area contributed by atoms with Crippen molar-refractivity contribution >= 4 is 44.0 Å². The molecule has 2 aromatic carbocycles. The maximum absolute atomic E-state index is 12.3. The molecule has 1 N–H and O–H groups in total. The van der Waals surface area contributed by atoms with Gasteiger partial charge in [0, 0.05) is 10.7 Å². The zero-order valence-corrected chi connectivity index (χ0v) is 18.9. The number of nitrogens with zero attached hydrogens (tertiary/aromatic N) is 3. The number of benzene rings is 2. The van der Waals surface area contributed by atoms with Crippen LogP contribution in [0.5, 0.6) is 11.5 Å². The molecule has 7 nitrogen and oxygen atoms in total. The zero-order valence-electron chi connectivity index (χ0n) is 15.7. The van der Waals surface area contributed by atoms with Gasteiger partial charge in [0.05, 0.1) is 31.5 Å². The summed E-state index contributed by atoms with van der Waals surface area (Å²) in [5.41, 5.74) is 4.58. The Morgan fingerprint density at radius 3 is 2.62 bits per heavy atom. The number of nitrogens with one attached hydrogen (secondary N) is 1. The second-order valence-corrected chi connectivity index (χ2v) is 7.73. The minimum absolute atomic E-state index is 0.285. The molecule has 1 amide bonds. The summed E-state index contributed by atoms with van der Waals surface area (Å²) in [5, 5.41) is 8.29. The number of methoxy groups -OCH3 is 2. The van der Waals surface area contributed by atoms with E-state index < -0.39 is 5.91 Å². The molecule has 9 heteroatoms. The number of hydrogen-bond donors (Lipinski definition) is 1. The number of halogens is 2. The molecular weight excluding hydrogens is 504 g/mol. The summed E-state index contributed by atoms with van der Waals surface area (Å²) < 4.78 is 14.0. The van der Waals surface area contributed by atoms with Crippen LogP contribution in [-0.2, 0) is 6.54 Å². The Balaban J connectivity index is 1.63. The molecule has 29 heavy (non-hydrogen) atoms. The third-order valence-corrected chi connectivity index (χ3v) is 5.08. The average Bonchev–Trinajstić information content (AvgIpc) is 3.18. The van der Waals surface area contributed by atoms with Crippen molar-refractivity contribution < 1.29 is 14.3 Å². The molecule has 0 bridgehead atoms. The second-order valence-electron chi connectivity index (χ2n) is 5.96. The largest absolute Gasteiger partial charge is 0.493 e. The van der Waals surface area contributed by atoms with E-state index in [1.54, 1.807) is 37.2 Å².